The maximum absolute atomic E-state index is 12.1. The maximum Gasteiger partial charge on any atom is 0.269 e. The lowest BCUT2D eigenvalue weighted by atomic mass is 9.95. The number of nitrogens with zero attached hydrogens (tertiary/aromatic N) is 2. The molecule has 0 aliphatic carbocycles. The van der Waals surface area contributed by atoms with Crippen LogP contribution in [0.15, 0.2) is 48.7 Å². The number of hydrogen-bond donors (Lipinski definition) is 4. The van der Waals surface area contributed by atoms with Crippen LogP contribution in [0.3, 0.4) is 0 Å². The fraction of sp³-hybridized carbons (Fsp3) is 0.0500. The van der Waals surface area contributed by atoms with Gasteiger partial charge in [0.05, 0.1) is 6.04 Å². The number of carbonyl (C=O) groups excluding carboxylic acids is 1. The molecule has 28 heavy (non-hydrogen) atoms. The van der Waals surface area contributed by atoms with Crippen LogP contribution in [-0.4, -0.2) is 26.2 Å². The Kier molecular flexibility index (Phi) is 3.53. The summed E-state index contributed by atoms with van der Waals surface area (Å²) < 4.78 is 0. The van der Waals surface area contributed by atoms with Crippen molar-refractivity contribution in [3.63, 3.8) is 0 Å². The summed E-state index contributed by atoms with van der Waals surface area (Å²) >= 11 is 6.44. The Hall–Kier alpha value is -3.58. The summed E-state index contributed by atoms with van der Waals surface area (Å²) in [5, 5.41) is 22.6. The second kappa shape index (κ2) is 5.97. The molecule has 0 radical (unpaired) electrons. The minimum atomic E-state index is -0.646. The van der Waals surface area contributed by atoms with Gasteiger partial charge in [-0.25, -0.2) is 0 Å². The smallest absolute Gasteiger partial charge is 0.269 e. The van der Waals surface area contributed by atoms with Gasteiger partial charge in [-0.1, -0.05) is 35.9 Å². The van der Waals surface area contributed by atoms with Gasteiger partial charge in [0.1, 0.15) is 5.75 Å². The van der Waals surface area contributed by atoms with E-state index in [1.807, 2.05) is 30.5 Å². The molecule has 1 aliphatic heterocycles. The lowest BCUT2D eigenvalue weighted by Gasteiger charge is -2.20. The van der Waals surface area contributed by atoms with E-state index in [-0.39, 0.29) is 17.5 Å². The first kappa shape index (κ1) is 16.6. The number of H-pyrrole nitrogens is 1. The van der Waals surface area contributed by atoms with Crippen LogP contribution in [-0.2, 0) is 0 Å². The van der Waals surface area contributed by atoms with Gasteiger partial charge in [-0.05, 0) is 23.8 Å². The van der Waals surface area contributed by atoms with Crippen LogP contribution in [0.1, 0.15) is 27.7 Å². The number of primary amides is 1. The van der Waals surface area contributed by atoms with Gasteiger partial charge in [0.25, 0.3) is 5.91 Å². The summed E-state index contributed by atoms with van der Waals surface area (Å²) in [4.78, 5) is 15.2. The number of hydrogen-bond acceptors (Lipinski definition) is 5. The predicted molar refractivity (Wildman–Crippen MR) is 106 cm³/mol. The van der Waals surface area contributed by atoms with E-state index in [2.05, 4.69) is 20.5 Å². The molecule has 0 fully saturated rings. The highest BCUT2D eigenvalue weighted by molar-refractivity contribution is 6.31. The molecule has 2 aromatic heterocycles. The van der Waals surface area contributed by atoms with Gasteiger partial charge in [-0.2, -0.15) is 0 Å². The zero-order valence-corrected chi connectivity index (χ0v) is 15.2. The second-order valence-electron chi connectivity index (χ2n) is 6.58. The SMILES string of the molecule is NC(=O)c1nnc2[nH]cc3c2c1-c1ccccc1NC3c1ccc(O)cc1Cl. The van der Waals surface area contributed by atoms with Gasteiger partial charge in [0.2, 0.25) is 0 Å². The first-order chi connectivity index (χ1) is 13.5. The Morgan fingerprint density at radius 1 is 1.14 bits per heavy atom. The number of nitrogens with two attached hydrogens (primary N) is 1. The van der Waals surface area contributed by atoms with Crippen LogP contribution in [0, 0.1) is 0 Å². The van der Waals surface area contributed by atoms with Crippen molar-refractivity contribution in [2.75, 3.05) is 5.32 Å². The van der Waals surface area contributed by atoms with E-state index in [1.165, 1.54) is 6.07 Å². The number of anilines is 1. The zero-order chi connectivity index (χ0) is 19.4. The average Bonchev–Trinajstić information content (AvgIpc) is 3.04. The van der Waals surface area contributed by atoms with E-state index in [0.717, 1.165) is 27.8 Å². The largest absolute Gasteiger partial charge is 0.508 e. The summed E-state index contributed by atoms with van der Waals surface area (Å²) in [7, 11) is 0. The maximum atomic E-state index is 12.1. The Labute approximate surface area is 164 Å². The topological polar surface area (TPSA) is 117 Å². The molecule has 1 aliphatic rings. The Bertz CT molecular complexity index is 1270. The molecule has 8 heteroatoms. The molecule has 2 aromatic carbocycles. The first-order valence-electron chi connectivity index (χ1n) is 8.56. The number of aromatic nitrogens is 3. The monoisotopic (exact) mass is 391 g/mol. The number of halogens is 1. The molecule has 7 nitrogen and oxygen atoms in total. The fourth-order valence-electron chi connectivity index (χ4n) is 3.76. The number of phenols is 1. The number of phenolic OH excluding ortho intramolecular Hbond substituents is 1. The van der Waals surface area contributed by atoms with Crippen molar-refractivity contribution >= 4 is 34.2 Å². The minimum absolute atomic E-state index is 0.0873. The van der Waals surface area contributed by atoms with E-state index in [4.69, 9.17) is 17.3 Å². The predicted octanol–water partition coefficient (Wildman–Crippen LogP) is 3.60. The number of nitrogens with one attached hydrogen (secondary N) is 2. The molecule has 1 amide bonds. The number of amides is 1. The standard InChI is InChI=1S/C20H14ClN5O2/c21-13-7-9(27)5-6-10(13)17-12-8-23-20-16(12)15(18(19(22)28)25-26-20)11-3-1-2-4-14(11)24-17/h1-8,17,24,27H,(H2,22,28)(H,23,26). The number of benzene rings is 2. The molecule has 1 unspecified atom stereocenters. The molecule has 5 N–H and O–H groups in total. The second-order valence-corrected chi connectivity index (χ2v) is 6.99. The van der Waals surface area contributed by atoms with Crippen molar-refractivity contribution in [2.24, 2.45) is 5.73 Å². The summed E-state index contributed by atoms with van der Waals surface area (Å²) in [5.74, 6) is -0.559. The third-order valence-corrected chi connectivity index (χ3v) is 5.29. The van der Waals surface area contributed by atoms with Crippen molar-refractivity contribution in [3.05, 3.63) is 70.5 Å². The molecule has 0 saturated carbocycles. The first-order valence-corrected chi connectivity index (χ1v) is 8.94. The van der Waals surface area contributed by atoms with Gasteiger partial charge in [0, 0.05) is 39.0 Å². The Morgan fingerprint density at radius 2 is 1.96 bits per heavy atom. The zero-order valence-electron chi connectivity index (χ0n) is 14.4. The molecular weight excluding hydrogens is 378 g/mol. The van der Waals surface area contributed by atoms with Crippen molar-refractivity contribution in [1.82, 2.24) is 15.2 Å². The van der Waals surface area contributed by atoms with Gasteiger partial charge in [-0.3, -0.25) is 4.79 Å². The van der Waals surface area contributed by atoms with Crippen molar-refractivity contribution in [2.45, 2.75) is 6.04 Å². The van der Waals surface area contributed by atoms with Crippen LogP contribution in [0.4, 0.5) is 5.69 Å². The van der Waals surface area contributed by atoms with Crippen LogP contribution >= 0.6 is 11.6 Å². The Balaban J connectivity index is 1.89. The normalized spacial score (nSPS) is 15.0. The molecule has 0 saturated heterocycles. The molecule has 138 valence electrons. The highest BCUT2D eigenvalue weighted by Crippen LogP contribution is 2.45. The van der Waals surface area contributed by atoms with Crippen molar-refractivity contribution in [3.8, 4) is 16.9 Å². The van der Waals surface area contributed by atoms with Crippen LogP contribution in [0.5, 0.6) is 5.75 Å². The van der Waals surface area contributed by atoms with Gasteiger partial charge < -0.3 is 21.1 Å². The van der Waals surface area contributed by atoms with Crippen LogP contribution in [0.25, 0.3) is 22.2 Å². The summed E-state index contributed by atoms with van der Waals surface area (Å²) in [6, 6.07) is 12.1. The van der Waals surface area contributed by atoms with E-state index >= 15 is 0 Å². The molecule has 0 spiro atoms. The summed E-state index contributed by atoms with van der Waals surface area (Å²) in [6.45, 7) is 0. The molecular formula is C20H14ClN5O2. The summed E-state index contributed by atoms with van der Waals surface area (Å²) in [6.07, 6.45) is 1.82. The lowest BCUT2D eigenvalue weighted by molar-refractivity contribution is 0.0995. The van der Waals surface area contributed by atoms with Gasteiger partial charge in [-0.15, -0.1) is 10.2 Å². The van der Waals surface area contributed by atoms with E-state index in [0.29, 0.717) is 16.2 Å². The van der Waals surface area contributed by atoms with Gasteiger partial charge in [0.15, 0.2) is 11.3 Å². The van der Waals surface area contributed by atoms with E-state index < -0.39 is 5.91 Å². The molecule has 0 bridgehead atoms. The van der Waals surface area contributed by atoms with Crippen molar-refractivity contribution in [1.29, 1.82) is 0 Å². The average molecular weight is 392 g/mol. The van der Waals surface area contributed by atoms with E-state index in [9.17, 15) is 9.90 Å². The highest BCUT2D eigenvalue weighted by Gasteiger charge is 2.30. The summed E-state index contributed by atoms with van der Waals surface area (Å²) in [5.41, 5.74) is 10.1. The highest BCUT2D eigenvalue weighted by atomic mass is 35.5. The van der Waals surface area contributed by atoms with E-state index in [1.54, 1.807) is 12.1 Å². The van der Waals surface area contributed by atoms with Crippen LogP contribution < -0.4 is 11.1 Å². The Morgan fingerprint density at radius 3 is 2.75 bits per heavy atom. The number of rotatable bonds is 2. The molecule has 4 aromatic rings. The van der Waals surface area contributed by atoms with Crippen LogP contribution in [0.2, 0.25) is 5.02 Å². The third-order valence-electron chi connectivity index (χ3n) is 4.96. The molecule has 5 rings (SSSR count). The quantitative estimate of drug-likeness (QED) is 0.416. The lowest BCUT2D eigenvalue weighted by Crippen LogP contribution is -2.15. The molecule has 1 atom stereocenters. The van der Waals surface area contributed by atoms with Gasteiger partial charge >= 0.3 is 0 Å². The molecule has 3 heterocycles. The number of aromatic hydroxyl groups is 1. The van der Waals surface area contributed by atoms with Crippen molar-refractivity contribution < 1.29 is 9.90 Å². The number of para-hydroxylation sites is 1. The number of fused-ring (bicyclic) bond motifs is 2. The number of carbonyl (C=O) groups is 1. The minimum Gasteiger partial charge on any atom is -0.508 e. The third kappa shape index (κ3) is 2.33. The fourth-order valence-corrected chi connectivity index (χ4v) is 4.04. The number of aromatic amines is 1.